The van der Waals surface area contributed by atoms with Crippen LogP contribution in [-0.4, -0.2) is 14.1 Å². The van der Waals surface area contributed by atoms with E-state index in [-0.39, 0.29) is 5.04 Å². The Hall–Kier alpha value is -2.15. The van der Waals surface area contributed by atoms with Crippen LogP contribution in [0.25, 0.3) is 11.1 Å². The highest BCUT2D eigenvalue weighted by Crippen LogP contribution is 2.36. The van der Waals surface area contributed by atoms with Crippen LogP contribution >= 0.6 is 0 Å². The molecule has 0 atom stereocenters. The minimum absolute atomic E-state index is 0.207. The van der Waals surface area contributed by atoms with Crippen LogP contribution in [0.5, 0.6) is 0 Å². The molecule has 2 aromatic carbocycles. The van der Waals surface area contributed by atoms with Crippen molar-refractivity contribution < 1.29 is 0 Å². The van der Waals surface area contributed by atoms with Crippen LogP contribution in [0.4, 0.5) is 0 Å². The largest absolute Gasteiger partial charge is 0.283 e. The summed E-state index contributed by atoms with van der Waals surface area (Å²) in [5.41, 5.74) is 4.55. The second-order valence-electron chi connectivity index (χ2n) is 8.02. The summed E-state index contributed by atoms with van der Waals surface area (Å²) in [6.07, 6.45) is 0.756. The summed E-state index contributed by atoms with van der Waals surface area (Å²) < 4.78 is 4.96. The first-order valence-electron chi connectivity index (χ1n) is 8.83. The van der Waals surface area contributed by atoms with Gasteiger partial charge in [-0.25, -0.2) is 0 Å². The van der Waals surface area contributed by atoms with Crippen LogP contribution in [0.2, 0.25) is 18.1 Å². The van der Waals surface area contributed by atoms with E-state index in [1.165, 1.54) is 11.1 Å². The Morgan fingerprint density at radius 2 is 1.40 bits per heavy atom. The maximum absolute atomic E-state index is 4.96. The molecule has 0 radical (unpaired) electrons. The first-order valence-corrected chi connectivity index (χ1v) is 11.8. The van der Waals surface area contributed by atoms with Gasteiger partial charge in [0.15, 0.2) is 8.24 Å². The fourth-order valence-corrected chi connectivity index (χ4v) is 2.96. The highest BCUT2D eigenvalue weighted by molar-refractivity contribution is 6.79. The lowest BCUT2D eigenvalue weighted by atomic mass is 9.96. The summed E-state index contributed by atoms with van der Waals surface area (Å²) >= 11 is 0. The maximum Gasteiger partial charge on any atom is 0.193 e. The van der Waals surface area contributed by atoms with Gasteiger partial charge in [-0.3, -0.25) is 4.66 Å². The number of benzene rings is 2. The van der Waals surface area contributed by atoms with Crippen LogP contribution in [0.15, 0.2) is 71.9 Å². The zero-order chi connectivity index (χ0) is 18.5. The summed E-state index contributed by atoms with van der Waals surface area (Å²) in [4.78, 5) is 0. The number of hydrogen-bond acceptors (Lipinski definition) is 1. The number of hydrogen-bond donors (Lipinski definition) is 0. The fraction of sp³-hybridized carbons (Fsp3) is 0.304. The van der Waals surface area contributed by atoms with Crippen LogP contribution in [-0.2, 0) is 0 Å². The Kier molecular flexibility index (Phi) is 6.00. The molecule has 0 saturated carbocycles. The molecule has 25 heavy (non-hydrogen) atoms. The summed E-state index contributed by atoms with van der Waals surface area (Å²) in [5, 5.41) is 0.207. The van der Waals surface area contributed by atoms with Gasteiger partial charge in [0.05, 0.1) is 0 Å². The van der Waals surface area contributed by atoms with E-state index in [0.29, 0.717) is 0 Å². The van der Waals surface area contributed by atoms with E-state index >= 15 is 0 Å². The second-order valence-corrected chi connectivity index (χ2v) is 12.9. The van der Waals surface area contributed by atoms with Crippen molar-refractivity contribution in [3.05, 3.63) is 78.4 Å². The summed E-state index contributed by atoms with van der Waals surface area (Å²) in [6.45, 7) is 15.7. The van der Waals surface area contributed by atoms with Gasteiger partial charge in [0.25, 0.3) is 0 Å². The van der Waals surface area contributed by atoms with E-state index in [0.717, 1.165) is 17.6 Å². The van der Waals surface area contributed by atoms with E-state index < -0.39 is 8.24 Å². The number of rotatable bonds is 5. The van der Waals surface area contributed by atoms with Crippen molar-refractivity contribution in [1.29, 1.82) is 0 Å². The molecule has 0 bridgehead atoms. The van der Waals surface area contributed by atoms with Gasteiger partial charge < -0.3 is 0 Å². The molecule has 2 rings (SSSR count). The van der Waals surface area contributed by atoms with E-state index in [9.17, 15) is 0 Å². The highest BCUT2D eigenvalue weighted by atomic mass is 28.3. The monoisotopic (exact) mass is 347 g/mol. The zero-order valence-corrected chi connectivity index (χ0v) is 17.1. The lowest BCUT2D eigenvalue weighted by Crippen LogP contribution is -2.34. The van der Waals surface area contributed by atoms with Gasteiger partial charge in [-0.2, -0.15) is 0 Å². The molecule has 0 saturated heterocycles. The topological polar surface area (TPSA) is 12.4 Å². The standard InChI is InChI=1S/C23H29NSi/c1-19(20-13-9-7-10-14-20)17-22(21-15-11-8-12-16-21)18-24-25(5,6)23(2,3)4/h7-16H,1,17H2,2-6H3. The minimum atomic E-state index is -1.77. The Morgan fingerprint density at radius 3 is 1.88 bits per heavy atom. The Labute approximate surface area is 153 Å². The van der Waals surface area contributed by atoms with E-state index in [1.807, 2.05) is 12.1 Å². The number of nitrogens with zero attached hydrogens (tertiary/aromatic N) is 1. The fourth-order valence-electron chi connectivity index (χ4n) is 2.21. The summed E-state index contributed by atoms with van der Waals surface area (Å²) in [6, 6.07) is 20.8. The normalized spacial score (nSPS) is 11.6. The lowest BCUT2D eigenvalue weighted by Gasteiger charge is -2.31. The van der Waals surface area contributed by atoms with Crippen molar-refractivity contribution in [1.82, 2.24) is 0 Å². The third-order valence-corrected chi connectivity index (χ3v) is 9.34. The van der Waals surface area contributed by atoms with Crippen molar-refractivity contribution in [3.63, 3.8) is 0 Å². The first-order chi connectivity index (χ1) is 11.7. The molecule has 0 heterocycles. The van der Waals surface area contributed by atoms with Gasteiger partial charge in [0.1, 0.15) is 0 Å². The van der Waals surface area contributed by atoms with Crippen molar-refractivity contribution in [2.75, 3.05) is 0 Å². The summed E-state index contributed by atoms with van der Waals surface area (Å²) in [7, 11) is -1.77. The van der Waals surface area contributed by atoms with Crippen molar-refractivity contribution >= 4 is 25.3 Å². The molecule has 0 spiro atoms. The predicted octanol–water partition coefficient (Wildman–Crippen LogP) is 6.85. The first kappa shape index (κ1) is 19.2. The molecular weight excluding hydrogens is 318 g/mol. The van der Waals surface area contributed by atoms with E-state index in [2.05, 4.69) is 94.8 Å². The predicted molar refractivity (Wildman–Crippen MR) is 115 cm³/mol. The molecule has 0 aromatic heterocycles. The van der Waals surface area contributed by atoms with E-state index in [1.54, 1.807) is 0 Å². The molecule has 1 nitrogen and oxygen atoms in total. The van der Waals surface area contributed by atoms with Gasteiger partial charge in [-0.1, -0.05) is 88.0 Å². The van der Waals surface area contributed by atoms with Gasteiger partial charge in [0, 0.05) is 12.0 Å². The number of allylic oxidation sites excluding steroid dienone is 2. The second kappa shape index (κ2) is 7.82. The van der Waals surface area contributed by atoms with Gasteiger partial charge in [-0.05, 0) is 40.7 Å². The highest BCUT2D eigenvalue weighted by Gasteiger charge is 2.35. The smallest absolute Gasteiger partial charge is 0.193 e. The molecule has 0 fully saturated rings. The van der Waals surface area contributed by atoms with Crippen LogP contribution < -0.4 is 0 Å². The molecule has 0 aliphatic rings. The van der Waals surface area contributed by atoms with Crippen LogP contribution in [0.3, 0.4) is 0 Å². The molecular formula is C23H29NSi. The molecule has 0 N–H and O–H groups in total. The molecule has 130 valence electrons. The van der Waals surface area contributed by atoms with Crippen molar-refractivity contribution in [2.45, 2.75) is 45.3 Å². The maximum atomic E-state index is 4.96. The minimum Gasteiger partial charge on any atom is -0.283 e. The zero-order valence-electron chi connectivity index (χ0n) is 16.1. The molecule has 0 unspecified atom stereocenters. The Morgan fingerprint density at radius 1 is 0.920 bits per heavy atom. The molecule has 0 aliphatic carbocycles. The van der Waals surface area contributed by atoms with Crippen molar-refractivity contribution in [3.8, 4) is 0 Å². The van der Waals surface area contributed by atoms with Crippen LogP contribution in [0, 0.1) is 0 Å². The average Bonchev–Trinajstić information content (AvgIpc) is 2.59. The summed E-state index contributed by atoms with van der Waals surface area (Å²) in [5.74, 6) is 3.43. The van der Waals surface area contributed by atoms with Gasteiger partial charge in [0.2, 0.25) is 0 Å². The quantitative estimate of drug-likeness (QED) is 0.414. The molecule has 2 heteroatoms. The van der Waals surface area contributed by atoms with Gasteiger partial charge >= 0.3 is 0 Å². The van der Waals surface area contributed by atoms with E-state index in [4.69, 9.17) is 4.66 Å². The third-order valence-electron chi connectivity index (χ3n) is 5.00. The lowest BCUT2D eigenvalue weighted by molar-refractivity contribution is 0.719. The third kappa shape index (κ3) is 5.16. The molecule has 2 aromatic rings. The van der Waals surface area contributed by atoms with Gasteiger partial charge in [-0.15, -0.1) is 0 Å². The van der Waals surface area contributed by atoms with Crippen molar-refractivity contribution in [2.24, 2.45) is 4.66 Å². The molecule has 0 amide bonds. The SMILES string of the molecule is C=C(CC(=C=N[Si](C)(C)C(C)(C)C)c1ccccc1)c1ccccc1. The average molecular weight is 348 g/mol. The van der Waals surface area contributed by atoms with Crippen LogP contribution in [0.1, 0.15) is 38.3 Å². The molecule has 0 aliphatic heterocycles. The Bertz CT molecular complexity index is 774. The Balaban J connectivity index is 2.41.